The van der Waals surface area contributed by atoms with Gasteiger partial charge in [-0.05, 0) is 164 Å². The highest BCUT2D eigenvalue weighted by Gasteiger charge is 2.32. The number of fused-ring (bicyclic) bond motifs is 12. The molecular weight excluding hydrogens is 1110 g/mol. The van der Waals surface area contributed by atoms with Crippen LogP contribution in [0.2, 0.25) is 0 Å². The molecule has 0 saturated carbocycles. The summed E-state index contributed by atoms with van der Waals surface area (Å²) in [6, 6.07) is 82.4. The van der Waals surface area contributed by atoms with Crippen LogP contribution in [0, 0.1) is 13.8 Å². The minimum Gasteiger partial charge on any atom is -0.309 e. The second kappa shape index (κ2) is 20.6. The second-order valence-electron chi connectivity index (χ2n) is 31.7. The normalized spacial score (nSPS) is 13.1. The molecule has 0 bridgehead atoms. The lowest BCUT2D eigenvalue weighted by molar-refractivity contribution is 0.589. The minimum absolute atomic E-state index is 0.0304. The van der Waals surface area contributed by atoms with Crippen molar-refractivity contribution in [2.45, 2.75) is 145 Å². The molecule has 4 heteroatoms. The van der Waals surface area contributed by atoms with Crippen molar-refractivity contribution in [1.82, 2.24) is 8.80 Å². The fourth-order valence-electron chi connectivity index (χ4n) is 15.0. The number of anilines is 6. The first-order valence-electron chi connectivity index (χ1n) is 33.2. The van der Waals surface area contributed by atoms with Gasteiger partial charge in [0.2, 0.25) is 0 Å². The summed E-state index contributed by atoms with van der Waals surface area (Å²) in [6.45, 7) is 39.2. The summed E-state index contributed by atoms with van der Waals surface area (Å²) >= 11 is 0. The van der Waals surface area contributed by atoms with Gasteiger partial charge in [0, 0.05) is 65.6 Å². The van der Waals surface area contributed by atoms with Crippen LogP contribution in [-0.4, -0.2) is 8.80 Å². The Labute approximate surface area is 544 Å². The summed E-state index contributed by atoms with van der Waals surface area (Å²) in [5, 5.41) is 9.95. The Balaban J connectivity index is 0.997. The lowest BCUT2D eigenvalue weighted by Crippen LogP contribution is -2.16. The SMILES string of the molecule is Cc1ccc(N(c2ccc(C(C)(C)C)cc2-c2ccc(C(C)(C)C)cc2)c2ccc3c4cc5c(cc4n4c6ccccc6c2c34)c2ccc(N(c3cccc(C(C)(C)C)c3)c3ccc(C(C)(C)C)cc3-c3ccc(C(C)(C)C)cc3)c3c4ccccc4n5c23)c(C)c1. The van der Waals surface area contributed by atoms with Gasteiger partial charge in [-0.1, -0.05) is 243 Å². The molecule has 4 aromatic heterocycles. The van der Waals surface area contributed by atoms with Crippen molar-refractivity contribution in [3.05, 3.63) is 251 Å². The topological polar surface area (TPSA) is 15.3 Å². The molecule has 0 saturated heterocycles. The van der Waals surface area contributed by atoms with Gasteiger partial charge in [-0.15, -0.1) is 0 Å². The van der Waals surface area contributed by atoms with Gasteiger partial charge in [-0.25, -0.2) is 0 Å². The number of aryl methyl sites for hydroxylation is 2. The average Bonchev–Trinajstić information content (AvgIpc) is 1.52. The highest BCUT2D eigenvalue weighted by atomic mass is 15.2. The van der Waals surface area contributed by atoms with Crippen LogP contribution in [-0.2, 0) is 27.1 Å². The predicted octanol–water partition coefficient (Wildman–Crippen LogP) is 25.4. The number of para-hydroxylation sites is 2. The van der Waals surface area contributed by atoms with E-state index in [0.717, 1.165) is 28.4 Å². The number of benzene rings is 11. The van der Waals surface area contributed by atoms with Gasteiger partial charge in [0.15, 0.2) is 0 Å². The zero-order valence-electron chi connectivity index (χ0n) is 57.0. The van der Waals surface area contributed by atoms with Crippen molar-refractivity contribution in [2.24, 2.45) is 0 Å². The molecule has 4 heterocycles. The molecule has 11 aromatic carbocycles. The number of rotatable bonds is 8. The van der Waals surface area contributed by atoms with Crippen molar-refractivity contribution in [1.29, 1.82) is 0 Å². The number of nitrogens with zero attached hydrogens (tertiary/aromatic N) is 4. The monoisotopic (exact) mass is 1200 g/mol. The van der Waals surface area contributed by atoms with E-state index in [4.69, 9.17) is 0 Å². The minimum atomic E-state index is -0.0683. The van der Waals surface area contributed by atoms with Crippen molar-refractivity contribution in [3.8, 4) is 22.3 Å². The van der Waals surface area contributed by atoms with E-state index in [-0.39, 0.29) is 27.1 Å². The highest BCUT2D eigenvalue weighted by molar-refractivity contribution is 6.32. The lowest BCUT2D eigenvalue weighted by atomic mass is 9.83. The Morgan fingerprint density at radius 2 is 0.663 bits per heavy atom. The lowest BCUT2D eigenvalue weighted by Gasteiger charge is -2.31. The molecule has 0 N–H and O–H groups in total. The summed E-state index contributed by atoms with van der Waals surface area (Å²) in [6.07, 6.45) is 0. The second-order valence-corrected chi connectivity index (χ2v) is 31.7. The van der Waals surface area contributed by atoms with E-state index in [1.165, 1.54) is 143 Å². The number of hydrogen-bond donors (Lipinski definition) is 0. The molecule has 0 aliphatic carbocycles. The average molecular weight is 1200 g/mol. The zero-order valence-corrected chi connectivity index (χ0v) is 57.0. The Morgan fingerprint density at radius 1 is 0.272 bits per heavy atom. The van der Waals surface area contributed by atoms with Crippen LogP contribution in [0.4, 0.5) is 34.1 Å². The van der Waals surface area contributed by atoms with Crippen molar-refractivity contribution in [3.63, 3.8) is 0 Å². The number of aromatic nitrogens is 2. The summed E-state index contributed by atoms with van der Waals surface area (Å²) in [5.74, 6) is 0. The smallest absolute Gasteiger partial charge is 0.0641 e. The third-order valence-corrected chi connectivity index (χ3v) is 20.1. The maximum atomic E-state index is 2.59. The molecule has 458 valence electrons. The van der Waals surface area contributed by atoms with E-state index >= 15 is 0 Å². The molecule has 0 aliphatic rings. The third-order valence-electron chi connectivity index (χ3n) is 20.1. The molecule has 15 aromatic rings. The maximum absolute atomic E-state index is 2.59. The fourth-order valence-corrected chi connectivity index (χ4v) is 15.0. The molecular formula is C88H86N4. The largest absolute Gasteiger partial charge is 0.309 e. The fraction of sp³-hybridized carbons (Fsp3) is 0.250. The van der Waals surface area contributed by atoms with Crippen LogP contribution >= 0.6 is 0 Å². The summed E-state index contributed by atoms with van der Waals surface area (Å²) < 4.78 is 5.18. The molecule has 0 spiro atoms. The zero-order chi connectivity index (χ0) is 64.5. The summed E-state index contributed by atoms with van der Waals surface area (Å²) in [5.41, 5.74) is 28.0. The van der Waals surface area contributed by atoms with Crippen LogP contribution in [0.1, 0.15) is 143 Å². The van der Waals surface area contributed by atoms with Crippen LogP contribution in [0.15, 0.2) is 212 Å². The van der Waals surface area contributed by atoms with E-state index in [1.807, 2.05) is 0 Å². The van der Waals surface area contributed by atoms with Crippen LogP contribution in [0.3, 0.4) is 0 Å². The third kappa shape index (κ3) is 9.36. The summed E-state index contributed by atoms with van der Waals surface area (Å²) in [4.78, 5) is 5.16. The van der Waals surface area contributed by atoms with E-state index in [0.29, 0.717) is 0 Å². The van der Waals surface area contributed by atoms with E-state index in [2.05, 4.69) is 349 Å². The van der Waals surface area contributed by atoms with Gasteiger partial charge in [-0.3, -0.25) is 0 Å². The van der Waals surface area contributed by atoms with Gasteiger partial charge in [0.25, 0.3) is 0 Å². The molecule has 92 heavy (non-hydrogen) atoms. The maximum Gasteiger partial charge on any atom is 0.0641 e. The van der Waals surface area contributed by atoms with Gasteiger partial charge in [0.1, 0.15) is 0 Å². The molecule has 4 nitrogen and oxygen atoms in total. The van der Waals surface area contributed by atoms with Crippen LogP contribution in [0.25, 0.3) is 98.4 Å². The van der Waals surface area contributed by atoms with E-state index < -0.39 is 0 Å². The van der Waals surface area contributed by atoms with Gasteiger partial charge in [-0.2, -0.15) is 0 Å². The van der Waals surface area contributed by atoms with Gasteiger partial charge in [0.05, 0.1) is 55.8 Å². The molecule has 0 fully saturated rings. The molecule has 0 amide bonds. The Morgan fingerprint density at radius 3 is 1.11 bits per heavy atom. The Bertz CT molecular complexity index is 5420. The first kappa shape index (κ1) is 59.0. The first-order chi connectivity index (χ1) is 43.6. The highest BCUT2D eigenvalue weighted by Crippen LogP contribution is 2.54. The van der Waals surface area contributed by atoms with Crippen LogP contribution < -0.4 is 9.80 Å². The van der Waals surface area contributed by atoms with Gasteiger partial charge < -0.3 is 18.6 Å². The molecule has 0 radical (unpaired) electrons. The standard InChI is InChI=1S/C88H86N4/c1-53-29-42-71(54(2)47-53)90(75-44-39-61(88(15,16)17)50-68(75)56-32-36-58(37-33-56)85(6,7)8)77-46-41-64-70-52-78-69(51-79(70)92-73-28-21-19-26-66(73)81(77)83(64)92)63-40-45-76(80-65-25-18-20-27-72(65)91(78)82(63)80)89(62-24-22-23-59(48-62)86(9,10)11)74-43-38-60(87(12,13)14)49-67(74)55-30-34-57(35-31-55)84(3,4)5/h18-52H,1-17H3. The molecule has 0 atom stereocenters. The number of hydrogen-bond acceptors (Lipinski definition) is 2. The Kier molecular flexibility index (Phi) is 13.2. The van der Waals surface area contributed by atoms with E-state index in [1.54, 1.807) is 0 Å². The van der Waals surface area contributed by atoms with Crippen molar-refractivity contribution in [2.75, 3.05) is 9.80 Å². The quantitative estimate of drug-likeness (QED) is 0.151. The summed E-state index contributed by atoms with van der Waals surface area (Å²) in [7, 11) is 0. The molecule has 0 unspecified atom stereocenters. The Hall–Kier alpha value is -9.38. The molecule has 0 aliphatic heterocycles. The van der Waals surface area contributed by atoms with Crippen molar-refractivity contribution < 1.29 is 0 Å². The predicted molar refractivity (Wildman–Crippen MR) is 399 cm³/mol. The van der Waals surface area contributed by atoms with Crippen molar-refractivity contribution >= 4 is 110 Å². The van der Waals surface area contributed by atoms with E-state index in [9.17, 15) is 0 Å². The molecule has 15 rings (SSSR count). The van der Waals surface area contributed by atoms with Crippen LogP contribution in [0.5, 0.6) is 0 Å². The van der Waals surface area contributed by atoms with Gasteiger partial charge >= 0.3 is 0 Å². The first-order valence-corrected chi connectivity index (χ1v) is 33.2.